The Morgan fingerprint density at radius 3 is 2.68 bits per heavy atom. The fourth-order valence-corrected chi connectivity index (χ4v) is 5.31. The van der Waals surface area contributed by atoms with Crippen LogP contribution >= 0.6 is 11.3 Å². The van der Waals surface area contributed by atoms with Gasteiger partial charge >= 0.3 is 0 Å². The lowest BCUT2D eigenvalue weighted by atomic mass is 10.2. The minimum Gasteiger partial charge on any atom is -0.297 e. The van der Waals surface area contributed by atoms with Crippen molar-refractivity contribution in [2.75, 3.05) is 13.1 Å². The van der Waals surface area contributed by atoms with Gasteiger partial charge in [0.2, 0.25) is 10.0 Å². The predicted molar refractivity (Wildman–Crippen MR) is 89.5 cm³/mol. The van der Waals surface area contributed by atoms with Crippen LogP contribution in [-0.2, 0) is 16.6 Å². The first-order chi connectivity index (χ1) is 10.5. The van der Waals surface area contributed by atoms with E-state index in [1.165, 1.54) is 16.9 Å². The van der Waals surface area contributed by atoms with Gasteiger partial charge in [-0.15, -0.1) is 11.3 Å². The summed E-state index contributed by atoms with van der Waals surface area (Å²) in [6.45, 7) is 4.47. The van der Waals surface area contributed by atoms with E-state index in [0.29, 0.717) is 4.21 Å². The summed E-state index contributed by atoms with van der Waals surface area (Å²) in [7, 11) is -3.38. The number of nitrogens with one attached hydrogen (secondary N) is 1. The SMILES string of the molecule is Cc1ccc(S(=O)(=O)N[C@H]2CCN(Cc3ccccc3)C2)s1. The first-order valence-electron chi connectivity index (χ1n) is 7.38. The fraction of sp³-hybridized carbons (Fsp3) is 0.375. The first kappa shape index (κ1) is 15.7. The number of thiophene rings is 1. The number of aryl methyl sites for hydroxylation is 1. The topological polar surface area (TPSA) is 49.4 Å². The summed E-state index contributed by atoms with van der Waals surface area (Å²) in [5.74, 6) is 0. The molecule has 2 heterocycles. The molecule has 1 saturated heterocycles. The van der Waals surface area contributed by atoms with E-state index >= 15 is 0 Å². The Morgan fingerprint density at radius 1 is 1.23 bits per heavy atom. The number of nitrogens with zero attached hydrogens (tertiary/aromatic N) is 1. The summed E-state index contributed by atoms with van der Waals surface area (Å²) in [5, 5.41) is 0. The predicted octanol–water partition coefficient (Wildman–Crippen LogP) is 2.61. The van der Waals surface area contributed by atoms with Crippen LogP contribution in [0.15, 0.2) is 46.7 Å². The van der Waals surface area contributed by atoms with Gasteiger partial charge in [-0.05, 0) is 31.0 Å². The maximum atomic E-state index is 12.3. The Balaban J connectivity index is 1.59. The summed E-state index contributed by atoms with van der Waals surface area (Å²) in [6.07, 6.45) is 0.858. The monoisotopic (exact) mass is 336 g/mol. The number of benzene rings is 1. The van der Waals surface area contributed by atoms with E-state index in [-0.39, 0.29) is 6.04 Å². The molecule has 6 heteroatoms. The molecule has 0 bridgehead atoms. The zero-order chi connectivity index (χ0) is 15.6. The molecule has 3 rings (SSSR count). The standard InChI is InChI=1S/C16H20N2O2S2/c1-13-7-8-16(21-13)22(19,20)17-15-9-10-18(12-15)11-14-5-3-2-4-6-14/h2-8,15,17H,9-12H2,1H3/t15-/m0/s1. The third kappa shape index (κ3) is 3.76. The van der Waals surface area contributed by atoms with Crippen molar-refractivity contribution in [2.45, 2.75) is 30.1 Å². The maximum Gasteiger partial charge on any atom is 0.250 e. The quantitative estimate of drug-likeness (QED) is 0.913. The molecule has 1 atom stereocenters. The fourth-order valence-electron chi connectivity index (χ4n) is 2.75. The van der Waals surface area contributed by atoms with Gasteiger partial charge in [0.25, 0.3) is 0 Å². The average molecular weight is 336 g/mol. The molecule has 0 spiro atoms. The van der Waals surface area contributed by atoms with Gasteiger partial charge < -0.3 is 0 Å². The number of sulfonamides is 1. The van der Waals surface area contributed by atoms with Crippen molar-refractivity contribution in [1.82, 2.24) is 9.62 Å². The zero-order valence-electron chi connectivity index (χ0n) is 12.5. The van der Waals surface area contributed by atoms with Crippen LogP contribution in [0, 0.1) is 6.92 Å². The van der Waals surface area contributed by atoms with Gasteiger partial charge in [-0.3, -0.25) is 4.90 Å². The number of hydrogen-bond acceptors (Lipinski definition) is 4. The molecule has 0 radical (unpaired) electrons. The summed E-state index contributed by atoms with van der Waals surface area (Å²) in [5.41, 5.74) is 1.26. The highest BCUT2D eigenvalue weighted by atomic mass is 32.2. The normalized spacial score (nSPS) is 19.6. The third-order valence-corrected chi connectivity index (χ3v) is 6.84. The van der Waals surface area contributed by atoms with Crippen molar-refractivity contribution in [3.63, 3.8) is 0 Å². The number of likely N-dealkylation sites (tertiary alicyclic amines) is 1. The Morgan fingerprint density at radius 2 is 2.00 bits per heavy atom. The van der Waals surface area contributed by atoms with E-state index in [2.05, 4.69) is 21.8 Å². The first-order valence-corrected chi connectivity index (χ1v) is 9.68. The lowest BCUT2D eigenvalue weighted by molar-refractivity contribution is 0.324. The van der Waals surface area contributed by atoms with Crippen molar-refractivity contribution < 1.29 is 8.42 Å². The third-order valence-electron chi connectivity index (χ3n) is 3.82. The number of hydrogen-bond donors (Lipinski definition) is 1. The van der Waals surface area contributed by atoms with Crippen LogP contribution in [0.2, 0.25) is 0 Å². The van der Waals surface area contributed by atoms with Crippen LogP contribution in [0.4, 0.5) is 0 Å². The van der Waals surface area contributed by atoms with Crippen LogP contribution in [0.5, 0.6) is 0 Å². The summed E-state index contributed by atoms with van der Waals surface area (Å²) < 4.78 is 27.9. The molecular formula is C16H20N2O2S2. The van der Waals surface area contributed by atoms with E-state index in [0.717, 1.165) is 30.9 Å². The highest BCUT2D eigenvalue weighted by Crippen LogP contribution is 2.22. The minimum atomic E-state index is -3.38. The van der Waals surface area contributed by atoms with E-state index in [1.54, 1.807) is 6.07 Å². The molecule has 1 aromatic carbocycles. The molecule has 0 saturated carbocycles. The Bertz CT molecular complexity index is 726. The lowest BCUT2D eigenvalue weighted by Crippen LogP contribution is -2.36. The zero-order valence-corrected chi connectivity index (χ0v) is 14.2. The second-order valence-corrected chi connectivity index (χ2v) is 8.92. The van der Waals surface area contributed by atoms with Crippen molar-refractivity contribution in [1.29, 1.82) is 0 Å². The van der Waals surface area contributed by atoms with Crippen LogP contribution < -0.4 is 4.72 Å². The van der Waals surface area contributed by atoms with E-state index in [9.17, 15) is 8.42 Å². The molecule has 0 unspecified atom stereocenters. The molecule has 22 heavy (non-hydrogen) atoms. The summed E-state index contributed by atoms with van der Waals surface area (Å²) in [6, 6.07) is 13.8. The largest absolute Gasteiger partial charge is 0.297 e. The molecule has 1 fully saturated rings. The van der Waals surface area contributed by atoms with Gasteiger partial charge in [-0.25, -0.2) is 13.1 Å². The van der Waals surface area contributed by atoms with E-state index in [4.69, 9.17) is 0 Å². The van der Waals surface area contributed by atoms with Crippen molar-refractivity contribution in [2.24, 2.45) is 0 Å². The van der Waals surface area contributed by atoms with Crippen LogP contribution in [0.25, 0.3) is 0 Å². The highest BCUT2D eigenvalue weighted by Gasteiger charge is 2.27. The van der Waals surface area contributed by atoms with Crippen LogP contribution in [0.1, 0.15) is 16.9 Å². The highest BCUT2D eigenvalue weighted by molar-refractivity contribution is 7.91. The molecule has 0 amide bonds. The lowest BCUT2D eigenvalue weighted by Gasteiger charge is -2.16. The Labute approximate surface area is 135 Å². The van der Waals surface area contributed by atoms with E-state index in [1.807, 2.05) is 31.2 Å². The Kier molecular flexibility index (Phi) is 4.63. The van der Waals surface area contributed by atoms with Crippen LogP contribution in [-0.4, -0.2) is 32.4 Å². The molecule has 1 aliphatic heterocycles. The molecule has 118 valence electrons. The van der Waals surface area contributed by atoms with Gasteiger partial charge in [0.05, 0.1) is 0 Å². The minimum absolute atomic E-state index is 0.00359. The summed E-state index contributed by atoms with van der Waals surface area (Å²) >= 11 is 1.32. The van der Waals surface area contributed by atoms with Gasteiger partial charge in [0, 0.05) is 30.6 Å². The maximum absolute atomic E-state index is 12.3. The number of rotatable bonds is 5. The van der Waals surface area contributed by atoms with Crippen molar-refractivity contribution in [3.05, 3.63) is 52.9 Å². The molecule has 0 aliphatic carbocycles. The van der Waals surface area contributed by atoms with Gasteiger partial charge in [-0.1, -0.05) is 30.3 Å². The molecule has 1 aliphatic rings. The van der Waals surface area contributed by atoms with Gasteiger partial charge in [0.1, 0.15) is 4.21 Å². The average Bonchev–Trinajstić information content (AvgIpc) is 3.09. The second-order valence-electron chi connectivity index (χ2n) is 5.69. The molecule has 2 aromatic rings. The smallest absolute Gasteiger partial charge is 0.250 e. The summed E-state index contributed by atoms with van der Waals surface area (Å²) in [4.78, 5) is 3.31. The van der Waals surface area contributed by atoms with Crippen molar-refractivity contribution >= 4 is 21.4 Å². The van der Waals surface area contributed by atoms with Crippen LogP contribution in [0.3, 0.4) is 0 Å². The van der Waals surface area contributed by atoms with Gasteiger partial charge in [-0.2, -0.15) is 0 Å². The molecule has 4 nitrogen and oxygen atoms in total. The molecular weight excluding hydrogens is 316 g/mol. The Hall–Kier alpha value is -1.21. The second kappa shape index (κ2) is 6.50. The molecule has 1 N–H and O–H groups in total. The van der Waals surface area contributed by atoms with E-state index < -0.39 is 10.0 Å². The van der Waals surface area contributed by atoms with Crippen molar-refractivity contribution in [3.8, 4) is 0 Å². The molecule has 1 aromatic heterocycles. The van der Waals surface area contributed by atoms with Gasteiger partial charge in [0.15, 0.2) is 0 Å².